The van der Waals surface area contributed by atoms with Crippen LogP contribution in [0.25, 0.3) is 0 Å². The highest BCUT2D eigenvalue weighted by Gasteiger charge is 2.45. The van der Waals surface area contributed by atoms with Crippen molar-refractivity contribution in [1.29, 1.82) is 0 Å². The quantitative estimate of drug-likeness (QED) is 0.490. The largest absolute Gasteiger partial charge is 0.465 e. The first-order valence-corrected chi connectivity index (χ1v) is 11.5. The van der Waals surface area contributed by atoms with Gasteiger partial charge in [-0.05, 0) is 37.0 Å². The monoisotopic (exact) mass is 488 g/mol. The highest BCUT2D eigenvalue weighted by Crippen LogP contribution is 2.35. The summed E-state index contributed by atoms with van der Waals surface area (Å²) in [5, 5.41) is 14.2. The molecule has 2 atom stereocenters. The lowest BCUT2D eigenvalue weighted by Crippen LogP contribution is -2.50. The molecular weight excluding hydrogens is 458 g/mol. The maximum absolute atomic E-state index is 14.3. The van der Waals surface area contributed by atoms with Crippen LogP contribution in [0.15, 0.2) is 42.5 Å². The minimum atomic E-state index is -3.10. The first-order chi connectivity index (χ1) is 16.6. The zero-order valence-electron chi connectivity index (χ0n) is 19.8. The lowest BCUT2D eigenvalue weighted by molar-refractivity contribution is -0.106. The highest BCUT2D eigenvalue weighted by atomic mass is 19.3. The van der Waals surface area contributed by atoms with E-state index in [0.29, 0.717) is 12.1 Å². The van der Waals surface area contributed by atoms with Crippen LogP contribution >= 0.6 is 0 Å². The van der Waals surface area contributed by atoms with Crippen LogP contribution in [0, 0.1) is 5.92 Å². The molecule has 0 radical (unpaired) electrons. The molecule has 35 heavy (non-hydrogen) atoms. The van der Waals surface area contributed by atoms with Crippen molar-refractivity contribution in [3.8, 4) is 0 Å². The Bertz CT molecular complexity index is 1060. The molecule has 1 saturated heterocycles. The predicted octanol–water partition coefficient (Wildman–Crippen LogP) is 3.74. The van der Waals surface area contributed by atoms with Crippen LogP contribution in [0.2, 0.25) is 0 Å². The van der Waals surface area contributed by atoms with Crippen LogP contribution in [-0.4, -0.2) is 65.5 Å². The number of nitrogens with one attached hydrogen (secondary N) is 2. The number of carbonyl (C=O) groups is 3. The number of likely N-dealkylation sites (tertiary alicyclic amines) is 1. The molecule has 0 spiro atoms. The van der Waals surface area contributed by atoms with Gasteiger partial charge < -0.3 is 20.6 Å². The molecule has 188 valence electrons. The van der Waals surface area contributed by atoms with Crippen molar-refractivity contribution in [1.82, 2.24) is 20.5 Å². The van der Waals surface area contributed by atoms with Gasteiger partial charge in [-0.1, -0.05) is 37.3 Å². The van der Waals surface area contributed by atoms with Gasteiger partial charge in [0, 0.05) is 43.2 Å². The number of pyridine rings is 1. The molecule has 1 aromatic heterocycles. The summed E-state index contributed by atoms with van der Waals surface area (Å²) in [5.74, 6) is -5.04. The third-order valence-electron chi connectivity index (χ3n) is 6.34. The molecule has 8 nitrogen and oxygen atoms in total. The van der Waals surface area contributed by atoms with Gasteiger partial charge in [0.25, 0.3) is 17.7 Å². The standard InChI is InChI=1S/C25H30F2N4O4/c1-16(17-7-4-3-5-8-17)20-13-18(14-21(30-20)23(33)28-2)22(32)29-11-6-9-19-10-12-31(24(34)35)15-25(19,26)27/h3-5,7-8,13-14,16,19H,6,9-12,15H2,1-2H3,(H,28,33)(H,29,32)(H,34,35)/t16-,19?/m0/s1. The van der Waals surface area contributed by atoms with E-state index in [-0.39, 0.29) is 43.1 Å². The van der Waals surface area contributed by atoms with Crippen LogP contribution in [0.5, 0.6) is 0 Å². The molecule has 1 unspecified atom stereocenters. The summed E-state index contributed by atoms with van der Waals surface area (Å²) in [6.07, 6.45) is -0.783. The van der Waals surface area contributed by atoms with E-state index in [1.165, 1.54) is 13.1 Å². The molecule has 10 heteroatoms. The molecule has 2 heterocycles. The Morgan fingerprint density at radius 3 is 2.54 bits per heavy atom. The van der Waals surface area contributed by atoms with Crippen LogP contribution in [0.3, 0.4) is 0 Å². The van der Waals surface area contributed by atoms with Crippen molar-refractivity contribution in [2.24, 2.45) is 5.92 Å². The first kappa shape index (κ1) is 26.1. The number of nitrogens with zero attached hydrogens (tertiary/aromatic N) is 2. The number of alkyl halides is 2. The molecule has 0 saturated carbocycles. The average Bonchev–Trinajstić information content (AvgIpc) is 2.85. The van der Waals surface area contributed by atoms with Gasteiger partial charge in [-0.15, -0.1) is 0 Å². The number of amides is 3. The van der Waals surface area contributed by atoms with Crippen LogP contribution < -0.4 is 10.6 Å². The number of hydrogen-bond acceptors (Lipinski definition) is 4. The second-order valence-electron chi connectivity index (χ2n) is 8.73. The van der Waals surface area contributed by atoms with Crippen LogP contribution in [0.4, 0.5) is 13.6 Å². The molecule has 0 aliphatic carbocycles. The van der Waals surface area contributed by atoms with E-state index < -0.39 is 36.3 Å². The van der Waals surface area contributed by atoms with E-state index in [1.54, 1.807) is 6.07 Å². The maximum atomic E-state index is 14.3. The highest BCUT2D eigenvalue weighted by molar-refractivity contribution is 5.98. The molecule has 1 aromatic carbocycles. The second-order valence-corrected chi connectivity index (χ2v) is 8.73. The fraction of sp³-hybridized carbons (Fsp3) is 0.440. The minimum absolute atomic E-state index is 0.0730. The summed E-state index contributed by atoms with van der Waals surface area (Å²) >= 11 is 0. The Morgan fingerprint density at radius 1 is 1.20 bits per heavy atom. The minimum Gasteiger partial charge on any atom is -0.465 e. The third kappa shape index (κ3) is 6.52. The zero-order valence-corrected chi connectivity index (χ0v) is 19.8. The number of hydrogen-bond donors (Lipinski definition) is 3. The zero-order chi connectivity index (χ0) is 25.6. The first-order valence-electron chi connectivity index (χ1n) is 11.5. The molecule has 1 fully saturated rings. The van der Waals surface area contributed by atoms with Crippen molar-refractivity contribution < 1.29 is 28.3 Å². The second kappa shape index (κ2) is 11.2. The summed E-state index contributed by atoms with van der Waals surface area (Å²) < 4.78 is 28.6. The number of halogens is 2. The van der Waals surface area contributed by atoms with Crippen LogP contribution in [0.1, 0.15) is 64.2 Å². The number of piperidine rings is 1. The predicted molar refractivity (Wildman–Crippen MR) is 126 cm³/mol. The summed E-state index contributed by atoms with van der Waals surface area (Å²) in [6.45, 7) is 1.38. The van der Waals surface area contributed by atoms with E-state index >= 15 is 0 Å². The van der Waals surface area contributed by atoms with Crippen molar-refractivity contribution in [3.63, 3.8) is 0 Å². The van der Waals surface area contributed by atoms with Crippen molar-refractivity contribution in [3.05, 3.63) is 65.0 Å². The molecule has 0 bridgehead atoms. The van der Waals surface area contributed by atoms with E-state index in [9.17, 15) is 23.2 Å². The number of aromatic nitrogens is 1. The van der Waals surface area contributed by atoms with Gasteiger partial charge in [-0.3, -0.25) is 9.59 Å². The van der Waals surface area contributed by atoms with E-state index in [1.807, 2.05) is 37.3 Å². The van der Waals surface area contributed by atoms with Gasteiger partial charge in [0.15, 0.2) is 0 Å². The summed E-state index contributed by atoms with van der Waals surface area (Å²) in [7, 11) is 1.48. The lowest BCUT2D eigenvalue weighted by Gasteiger charge is -2.37. The van der Waals surface area contributed by atoms with Crippen LogP contribution in [-0.2, 0) is 0 Å². The topological polar surface area (TPSA) is 112 Å². The van der Waals surface area contributed by atoms with Crippen molar-refractivity contribution in [2.75, 3.05) is 26.7 Å². The Kier molecular flexibility index (Phi) is 8.37. The van der Waals surface area contributed by atoms with Gasteiger partial charge in [0.05, 0.1) is 6.54 Å². The molecule has 3 N–H and O–H groups in total. The summed E-state index contributed by atoms with van der Waals surface area (Å²) in [6, 6.07) is 12.6. The summed E-state index contributed by atoms with van der Waals surface area (Å²) in [4.78, 5) is 41.2. The van der Waals surface area contributed by atoms with Gasteiger partial charge >= 0.3 is 6.09 Å². The van der Waals surface area contributed by atoms with Gasteiger partial charge in [0.2, 0.25) is 0 Å². The average molecular weight is 489 g/mol. The molecule has 1 aliphatic rings. The SMILES string of the molecule is CNC(=O)c1cc(C(=O)NCCCC2CCN(C(=O)O)CC2(F)F)cc([C@@H](C)c2ccccc2)n1. The fourth-order valence-corrected chi connectivity index (χ4v) is 4.22. The maximum Gasteiger partial charge on any atom is 0.407 e. The van der Waals surface area contributed by atoms with Gasteiger partial charge in [0.1, 0.15) is 5.69 Å². The third-order valence-corrected chi connectivity index (χ3v) is 6.34. The Morgan fingerprint density at radius 2 is 1.91 bits per heavy atom. The Hall–Kier alpha value is -3.56. The molecule has 1 aliphatic heterocycles. The molecule has 3 rings (SSSR count). The Balaban J connectivity index is 1.64. The van der Waals surface area contributed by atoms with E-state index in [4.69, 9.17) is 5.11 Å². The number of rotatable bonds is 8. The number of benzene rings is 1. The van der Waals surface area contributed by atoms with E-state index in [2.05, 4.69) is 15.6 Å². The number of carbonyl (C=O) groups excluding carboxylic acids is 2. The van der Waals surface area contributed by atoms with Crippen molar-refractivity contribution >= 4 is 17.9 Å². The van der Waals surface area contributed by atoms with Gasteiger partial charge in [-0.25, -0.2) is 18.6 Å². The summed E-state index contributed by atoms with van der Waals surface area (Å²) in [5.41, 5.74) is 1.92. The van der Waals surface area contributed by atoms with Gasteiger partial charge in [-0.2, -0.15) is 0 Å². The molecular formula is C25H30F2N4O4. The number of carboxylic acid groups (broad SMARTS) is 1. The van der Waals surface area contributed by atoms with E-state index in [0.717, 1.165) is 10.5 Å². The molecule has 3 amide bonds. The lowest BCUT2D eigenvalue weighted by atomic mass is 9.89. The fourth-order valence-electron chi connectivity index (χ4n) is 4.22. The molecule has 2 aromatic rings. The normalized spacial score (nSPS) is 17.9. The Labute approximate surface area is 202 Å². The smallest absolute Gasteiger partial charge is 0.407 e. The van der Waals surface area contributed by atoms with Crippen molar-refractivity contribution in [2.45, 2.75) is 38.0 Å².